The molecule has 0 aliphatic carbocycles. The molecule has 8 nitrogen and oxygen atoms in total. The molecule has 1 N–H and O–H groups in total. The molecule has 0 bridgehead atoms. The second-order valence-electron chi connectivity index (χ2n) is 8.26. The van der Waals surface area contributed by atoms with Crippen molar-refractivity contribution in [1.82, 2.24) is 14.7 Å². The maximum absolute atomic E-state index is 13.4. The summed E-state index contributed by atoms with van der Waals surface area (Å²) in [5.74, 6) is 0.259. The zero-order valence-corrected chi connectivity index (χ0v) is 19.1. The van der Waals surface area contributed by atoms with Gasteiger partial charge in [0.2, 0.25) is 5.96 Å². The fourth-order valence-corrected chi connectivity index (χ4v) is 4.73. The number of fused-ring (bicyclic) bond motifs is 3. The van der Waals surface area contributed by atoms with Crippen molar-refractivity contribution in [3.05, 3.63) is 70.9 Å². The predicted octanol–water partition coefficient (Wildman–Crippen LogP) is 3.11. The lowest BCUT2D eigenvalue weighted by atomic mass is 10.1. The smallest absolute Gasteiger partial charge is 0.328 e. The number of benzene rings is 2. The molecule has 9 heteroatoms. The third kappa shape index (κ3) is 3.29. The van der Waals surface area contributed by atoms with E-state index in [0.717, 1.165) is 22.5 Å². The number of aliphatic imine (C=N–C) groups is 1. The second-order valence-corrected chi connectivity index (χ2v) is 8.66. The van der Waals surface area contributed by atoms with Crippen molar-refractivity contribution < 1.29 is 14.7 Å². The van der Waals surface area contributed by atoms with E-state index in [1.54, 1.807) is 7.05 Å². The third-order valence-corrected chi connectivity index (χ3v) is 6.71. The molecule has 3 amide bonds. The normalized spacial score (nSPS) is 21.9. The van der Waals surface area contributed by atoms with Gasteiger partial charge in [-0.05, 0) is 31.0 Å². The fraction of sp³-hybridized carbons (Fsp3) is 0.292. The van der Waals surface area contributed by atoms with E-state index >= 15 is 0 Å². The minimum atomic E-state index is -0.676. The van der Waals surface area contributed by atoms with Crippen LogP contribution in [0.1, 0.15) is 17.5 Å². The zero-order chi connectivity index (χ0) is 23.3. The number of imide groups is 1. The summed E-state index contributed by atoms with van der Waals surface area (Å²) in [6, 6.07) is 14.5. The average Bonchev–Trinajstić information content (AvgIpc) is 3.37. The van der Waals surface area contributed by atoms with Crippen LogP contribution in [-0.2, 0) is 4.79 Å². The first-order valence-electron chi connectivity index (χ1n) is 10.8. The number of nitrogens with zero attached hydrogens (tertiary/aromatic N) is 5. The molecule has 1 fully saturated rings. The highest BCUT2D eigenvalue weighted by molar-refractivity contribution is 6.32. The summed E-state index contributed by atoms with van der Waals surface area (Å²) >= 11 is 6.45. The van der Waals surface area contributed by atoms with Crippen LogP contribution in [0.3, 0.4) is 0 Å². The van der Waals surface area contributed by atoms with Crippen molar-refractivity contribution >= 4 is 40.9 Å². The molecule has 2 unspecified atom stereocenters. The molecule has 1 saturated heterocycles. The predicted molar refractivity (Wildman–Crippen MR) is 127 cm³/mol. The topological polar surface area (TPSA) is 79.7 Å². The largest absolute Gasteiger partial charge is 0.396 e. The van der Waals surface area contributed by atoms with E-state index in [-0.39, 0.29) is 19.1 Å². The summed E-state index contributed by atoms with van der Waals surface area (Å²) in [5.41, 5.74) is 3.58. The van der Waals surface area contributed by atoms with Gasteiger partial charge in [-0.3, -0.25) is 19.5 Å². The maximum Gasteiger partial charge on any atom is 0.328 e. The molecule has 2 aromatic carbocycles. The van der Waals surface area contributed by atoms with Gasteiger partial charge >= 0.3 is 6.03 Å². The Hall–Kier alpha value is -3.36. The molecule has 3 aliphatic heterocycles. The molecular formula is C24H24ClN5O3. The van der Waals surface area contributed by atoms with E-state index in [2.05, 4.69) is 0 Å². The first-order valence-corrected chi connectivity index (χ1v) is 11.2. The molecule has 0 radical (unpaired) electrons. The number of hydrogen-bond donors (Lipinski definition) is 1. The summed E-state index contributed by atoms with van der Waals surface area (Å²) in [4.78, 5) is 37.7. The Labute approximate surface area is 197 Å². The lowest BCUT2D eigenvalue weighted by molar-refractivity contribution is -0.136. The van der Waals surface area contributed by atoms with Crippen LogP contribution in [-0.4, -0.2) is 70.1 Å². The molecule has 170 valence electrons. The van der Waals surface area contributed by atoms with Gasteiger partial charge in [0.1, 0.15) is 0 Å². The van der Waals surface area contributed by atoms with Crippen LogP contribution < -0.4 is 4.90 Å². The Morgan fingerprint density at radius 1 is 1.09 bits per heavy atom. The number of amides is 3. The van der Waals surface area contributed by atoms with E-state index < -0.39 is 18.2 Å². The van der Waals surface area contributed by atoms with Gasteiger partial charge in [-0.2, -0.15) is 0 Å². The molecule has 2 atom stereocenters. The van der Waals surface area contributed by atoms with Gasteiger partial charge in [-0.15, -0.1) is 0 Å². The minimum Gasteiger partial charge on any atom is -0.396 e. The van der Waals surface area contributed by atoms with Gasteiger partial charge in [0, 0.05) is 37.0 Å². The summed E-state index contributed by atoms with van der Waals surface area (Å²) in [5, 5.41) is 9.85. The first-order chi connectivity index (χ1) is 15.9. The number of aliphatic hydroxyl groups is 1. The Bertz CT molecular complexity index is 1180. The van der Waals surface area contributed by atoms with Crippen LogP contribution in [0.25, 0.3) is 5.70 Å². The molecular weight excluding hydrogens is 442 g/mol. The van der Waals surface area contributed by atoms with Crippen LogP contribution in [0.4, 0.5) is 10.5 Å². The van der Waals surface area contributed by atoms with Crippen molar-refractivity contribution in [1.29, 1.82) is 0 Å². The molecule has 0 aromatic heterocycles. The summed E-state index contributed by atoms with van der Waals surface area (Å²) in [6.45, 7) is 2.01. The van der Waals surface area contributed by atoms with Crippen LogP contribution in [0, 0.1) is 6.92 Å². The first kappa shape index (κ1) is 21.5. The third-order valence-electron chi connectivity index (χ3n) is 6.30. The lowest BCUT2D eigenvalue weighted by Crippen LogP contribution is -2.64. The van der Waals surface area contributed by atoms with Crippen molar-refractivity contribution in [2.45, 2.75) is 25.6 Å². The highest BCUT2D eigenvalue weighted by Crippen LogP contribution is 2.41. The summed E-state index contributed by atoms with van der Waals surface area (Å²) in [6.07, 6.45) is 1.61. The minimum absolute atomic E-state index is 0.0970. The van der Waals surface area contributed by atoms with E-state index in [1.807, 2.05) is 71.5 Å². The molecule has 0 saturated carbocycles. The monoisotopic (exact) mass is 465 g/mol. The highest BCUT2D eigenvalue weighted by Gasteiger charge is 2.54. The Morgan fingerprint density at radius 2 is 1.85 bits per heavy atom. The number of aliphatic hydroxyl groups excluding tert-OH is 1. The van der Waals surface area contributed by atoms with Crippen molar-refractivity contribution in [3.8, 4) is 0 Å². The Kier molecular flexibility index (Phi) is 5.34. The average molecular weight is 466 g/mol. The number of urea groups is 1. The number of carbonyl (C=O) groups is 2. The molecule has 33 heavy (non-hydrogen) atoms. The fourth-order valence-electron chi connectivity index (χ4n) is 4.56. The molecule has 2 aromatic rings. The van der Waals surface area contributed by atoms with Crippen LogP contribution in [0.15, 0.2) is 59.7 Å². The number of carbonyl (C=O) groups excluding carboxylic acids is 2. The quantitative estimate of drug-likeness (QED) is 0.734. The Morgan fingerprint density at radius 3 is 2.58 bits per heavy atom. The van der Waals surface area contributed by atoms with Gasteiger partial charge < -0.3 is 10.0 Å². The number of anilines is 1. The number of guanidine groups is 1. The number of rotatable bonds is 5. The lowest BCUT2D eigenvalue weighted by Gasteiger charge is -2.40. The molecule has 5 rings (SSSR count). The number of hydrogen-bond acceptors (Lipinski definition) is 6. The maximum atomic E-state index is 13.4. The van der Waals surface area contributed by atoms with Crippen LogP contribution in [0.2, 0.25) is 5.02 Å². The summed E-state index contributed by atoms with van der Waals surface area (Å²) in [7, 11) is 1.65. The molecule has 0 spiro atoms. The van der Waals surface area contributed by atoms with Crippen LogP contribution >= 0.6 is 11.6 Å². The van der Waals surface area contributed by atoms with E-state index in [1.165, 1.54) is 9.80 Å². The molecule has 3 aliphatic rings. The number of halogens is 1. The van der Waals surface area contributed by atoms with E-state index in [9.17, 15) is 14.7 Å². The summed E-state index contributed by atoms with van der Waals surface area (Å²) < 4.78 is 0. The van der Waals surface area contributed by atoms with Crippen molar-refractivity contribution in [2.24, 2.45) is 4.99 Å². The van der Waals surface area contributed by atoms with Gasteiger partial charge in [0.05, 0.1) is 11.4 Å². The van der Waals surface area contributed by atoms with E-state index in [0.29, 0.717) is 17.4 Å². The second kappa shape index (κ2) is 8.20. The number of likely N-dealkylation sites (N-methyl/N-ethyl adjacent to an activating group) is 1. The van der Waals surface area contributed by atoms with Crippen molar-refractivity contribution in [3.63, 3.8) is 0 Å². The van der Waals surface area contributed by atoms with Crippen molar-refractivity contribution in [2.75, 3.05) is 25.1 Å². The highest BCUT2D eigenvalue weighted by atomic mass is 35.5. The Balaban J connectivity index is 1.62. The molecule has 3 heterocycles. The van der Waals surface area contributed by atoms with Gasteiger partial charge in [0.15, 0.2) is 12.2 Å². The van der Waals surface area contributed by atoms with E-state index in [4.69, 9.17) is 16.6 Å². The van der Waals surface area contributed by atoms with Gasteiger partial charge in [-0.1, -0.05) is 48.0 Å². The zero-order valence-electron chi connectivity index (χ0n) is 18.3. The van der Waals surface area contributed by atoms with Gasteiger partial charge in [-0.25, -0.2) is 9.79 Å². The standard InChI is InChI=1S/C24H24ClN5O3/c1-15-17(25)10-6-11-18(15)30-19(16-8-4-3-5-9-16)14-29-20-21(26-23(29)30)27(2)24(33)28(22(20)32)12-7-13-31/h3-6,8-11,14,20-21,31H,7,12-13H2,1-2H3. The SMILES string of the molecule is Cc1c(Cl)cccc1N1C(c2ccccc2)=CN2C1=NC1C2C(=O)N(CCCO)C(=O)N1C. The van der Waals surface area contributed by atoms with Gasteiger partial charge in [0.25, 0.3) is 5.91 Å². The van der Waals surface area contributed by atoms with Crippen LogP contribution in [0.5, 0.6) is 0 Å².